The monoisotopic (exact) mass is 316 g/mol. The van der Waals surface area contributed by atoms with Gasteiger partial charge in [0.15, 0.2) is 0 Å². The van der Waals surface area contributed by atoms with E-state index in [9.17, 15) is 0 Å². The van der Waals surface area contributed by atoms with Gasteiger partial charge in [-0.3, -0.25) is 4.90 Å². The molecule has 114 valence electrons. The van der Waals surface area contributed by atoms with Crippen LogP contribution < -0.4 is 5.73 Å². The van der Waals surface area contributed by atoms with Crippen LogP contribution in [0.3, 0.4) is 0 Å². The summed E-state index contributed by atoms with van der Waals surface area (Å²) < 4.78 is 0. The molecular formula is C16H26Cl2N2. The molecule has 1 unspecified atom stereocenters. The van der Waals surface area contributed by atoms with Gasteiger partial charge in [-0.1, -0.05) is 49.9 Å². The van der Waals surface area contributed by atoms with E-state index in [1.54, 1.807) is 0 Å². The maximum Gasteiger partial charge on any atom is 0.0485 e. The summed E-state index contributed by atoms with van der Waals surface area (Å²) in [6, 6.07) is 5.79. The summed E-state index contributed by atoms with van der Waals surface area (Å²) in [6.07, 6.45) is 4.73. The first-order valence-corrected chi connectivity index (χ1v) is 8.28. The lowest BCUT2D eigenvalue weighted by Crippen LogP contribution is -2.35. The van der Waals surface area contributed by atoms with Crippen LogP contribution in [0.2, 0.25) is 10.0 Å². The molecule has 4 heteroatoms. The highest BCUT2D eigenvalue weighted by atomic mass is 35.5. The summed E-state index contributed by atoms with van der Waals surface area (Å²) in [4.78, 5) is 2.45. The second-order valence-electron chi connectivity index (χ2n) is 5.16. The van der Waals surface area contributed by atoms with Crippen molar-refractivity contribution in [2.24, 2.45) is 5.73 Å². The number of unbranched alkanes of at least 4 members (excludes halogenated alkanes) is 2. The topological polar surface area (TPSA) is 29.3 Å². The van der Waals surface area contributed by atoms with Gasteiger partial charge in [0.1, 0.15) is 0 Å². The van der Waals surface area contributed by atoms with Crippen molar-refractivity contribution in [3.8, 4) is 0 Å². The number of nitrogens with zero attached hydrogens (tertiary/aromatic N) is 1. The lowest BCUT2D eigenvalue weighted by atomic mass is 10.0. The fraction of sp³-hybridized carbons (Fsp3) is 0.625. The van der Waals surface area contributed by atoms with E-state index < -0.39 is 0 Å². The van der Waals surface area contributed by atoms with Gasteiger partial charge in [0.25, 0.3) is 0 Å². The molecule has 0 fully saturated rings. The van der Waals surface area contributed by atoms with E-state index in [4.69, 9.17) is 28.9 Å². The van der Waals surface area contributed by atoms with E-state index >= 15 is 0 Å². The third kappa shape index (κ3) is 5.25. The van der Waals surface area contributed by atoms with Gasteiger partial charge >= 0.3 is 0 Å². The van der Waals surface area contributed by atoms with Crippen molar-refractivity contribution in [3.63, 3.8) is 0 Å². The Balaban J connectivity index is 2.94. The standard InChI is InChI=1S/C16H26Cl2N2/c1-3-5-9-20(10-6-4-2)16(12-19)14-11-13(17)7-8-15(14)18/h7-8,11,16H,3-6,9-10,12,19H2,1-2H3. The molecule has 0 aliphatic heterocycles. The molecule has 0 amide bonds. The Morgan fingerprint density at radius 1 is 1.10 bits per heavy atom. The van der Waals surface area contributed by atoms with Crippen molar-refractivity contribution >= 4 is 23.2 Å². The fourth-order valence-corrected chi connectivity index (χ4v) is 2.81. The fourth-order valence-electron chi connectivity index (χ4n) is 2.39. The summed E-state index contributed by atoms with van der Waals surface area (Å²) in [6.45, 7) is 7.10. The van der Waals surface area contributed by atoms with Gasteiger partial charge in [-0.2, -0.15) is 0 Å². The van der Waals surface area contributed by atoms with Crippen molar-refractivity contribution in [1.29, 1.82) is 0 Å². The van der Waals surface area contributed by atoms with Crippen LogP contribution in [0.4, 0.5) is 0 Å². The van der Waals surface area contributed by atoms with Crippen LogP contribution in [0.15, 0.2) is 18.2 Å². The lowest BCUT2D eigenvalue weighted by molar-refractivity contribution is 0.195. The molecule has 0 aliphatic rings. The van der Waals surface area contributed by atoms with Crippen LogP contribution in [-0.2, 0) is 0 Å². The van der Waals surface area contributed by atoms with Gasteiger partial charge in [0.05, 0.1) is 0 Å². The van der Waals surface area contributed by atoms with Crippen molar-refractivity contribution in [3.05, 3.63) is 33.8 Å². The lowest BCUT2D eigenvalue weighted by Gasteiger charge is -2.32. The summed E-state index contributed by atoms with van der Waals surface area (Å²) >= 11 is 12.5. The highest BCUT2D eigenvalue weighted by molar-refractivity contribution is 6.33. The van der Waals surface area contributed by atoms with E-state index in [1.807, 2.05) is 18.2 Å². The molecule has 0 aliphatic carbocycles. The maximum atomic E-state index is 6.34. The highest BCUT2D eigenvalue weighted by Gasteiger charge is 2.20. The second kappa shape index (κ2) is 9.62. The average molecular weight is 317 g/mol. The molecule has 1 aromatic carbocycles. The molecule has 1 rings (SSSR count). The Hall–Kier alpha value is -0.280. The number of benzene rings is 1. The van der Waals surface area contributed by atoms with Crippen molar-refractivity contribution in [2.75, 3.05) is 19.6 Å². The van der Waals surface area contributed by atoms with Crippen LogP contribution in [0, 0.1) is 0 Å². The largest absolute Gasteiger partial charge is 0.329 e. The molecule has 0 radical (unpaired) electrons. The Labute approximate surface area is 133 Å². The van der Waals surface area contributed by atoms with Crippen LogP contribution in [-0.4, -0.2) is 24.5 Å². The zero-order chi connectivity index (χ0) is 15.0. The van der Waals surface area contributed by atoms with Gasteiger partial charge in [0.2, 0.25) is 0 Å². The van der Waals surface area contributed by atoms with Crippen LogP contribution >= 0.6 is 23.2 Å². The molecular weight excluding hydrogens is 291 g/mol. The number of rotatable bonds is 9. The summed E-state index contributed by atoms with van der Waals surface area (Å²) in [7, 11) is 0. The molecule has 0 aromatic heterocycles. The van der Waals surface area contributed by atoms with Gasteiger partial charge in [-0.05, 0) is 49.7 Å². The van der Waals surface area contributed by atoms with E-state index in [0.717, 1.165) is 23.7 Å². The molecule has 0 saturated heterocycles. The molecule has 1 atom stereocenters. The number of hydrogen-bond donors (Lipinski definition) is 1. The summed E-state index contributed by atoms with van der Waals surface area (Å²) in [5, 5.41) is 1.47. The third-order valence-electron chi connectivity index (χ3n) is 3.58. The predicted molar refractivity (Wildman–Crippen MR) is 89.6 cm³/mol. The number of halogens is 2. The third-order valence-corrected chi connectivity index (χ3v) is 4.16. The molecule has 20 heavy (non-hydrogen) atoms. The van der Waals surface area contributed by atoms with Gasteiger partial charge in [-0.25, -0.2) is 0 Å². The minimum absolute atomic E-state index is 0.152. The molecule has 0 spiro atoms. The predicted octanol–water partition coefficient (Wildman–Crippen LogP) is 4.90. The summed E-state index contributed by atoms with van der Waals surface area (Å²) in [5.74, 6) is 0. The van der Waals surface area contributed by atoms with Crippen molar-refractivity contribution in [2.45, 2.75) is 45.6 Å². The Morgan fingerprint density at radius 3 is 2.20 bits per heavy atom. The highest BCUT2D eigenvalue weighted by Crippen LogP contribution is 2.30. The van der Waals surface area contributed by atoms with E-state index in [1.165, 1.54) is 25.7 Å². The van der Waals surface area contributed by atoms with Crippen LogP contribution in [0.1, 0.15) is 51.1 Å². The van der Waals surface area contributed by atoms with Gasteiger partial charge in [0, 0.05) is 22.6 Å². The van der Waals surface area contributed by atoms with Crippen molar-refractivity contribution < 1.29 is 0 Å². The first kappa shape index (κ1) is 17.8. The molecule has 0 saturated carbocycles. The molecule has 0 bridgehead atoms. The molecule has 2 nitrogen and oxygen atoms in total. The summed E-state index contributed by atoms with van der Waals surface area (Å²) in [5.41, 5.74) is 7.07. The minimum atomic E-state index is 0.152. The second-order valence-corrected chi connectivity index (χ2v) is 6.00. The normalized spacial score (nSPS) is 12.9. The first-order valence-electron chi connectivity index (χ1n) is 7.53. The van der Waals surface area contributed by atoms with Gasteiger partial charge < -0.3 is 5.73 Å². The van der Waals surface area contributed by atoms with E-state index in [0.29, 0.717) is 11.6 Å². The average Bonchev–Trinajstić information content (AvgIpc) is 2.45. The molecule has 2 N–H and O–H groups in total. The Kier molecular flexibility index (Phi) is 8.55. The zero-order valence-electron chi connectivity index (χ0n) is 12.5. The van der Waals surface area contributed by atoms with E-state index in [2.05, 4.69) is 18.7 Å². The minimum Gasteiger partial charge on any atom is -0.329 e. The Bertz CT molecular complexity index is 388. The molecule has 1 aromatic rings. The first-order chi connectivity index (χ1) is 9.63. The SMILES string of the molecule is CCCCN(CCCC)C(CN)c1cc(Cl)ccc1Cl. The zero-order valence-corrected chi connectivity index (χ0v) is 14.1. The van der Waals surface area contributed by atoms with E-state index in [-0.39, 0.29) is 6.04 Å². The van der Waals surface area contributed by atoms with Crippen LogP contribution in [0.5, 0.6) is 0 Å². The molecule has 0 heterocycles. The van der Waals surface area contributed by atoms with Gasteiger partial charge in [-0.15, -0.1) is 0 Å². The Morgan fingerprint density at radius 2 is 1.70 bits per heavy atom. The van der Waals surface area contributed by atoms with Crippen molar-refractivity contribution in [1.82, 2.24) is 4.90 Å². The smallest absolute Gasteiger partial charge is 0.0485 e. The maximum absolute atomic E-state index is 6.34. The number of nitrogens with two attached hydrogens (primary N) is 1. The quantitative estimate of drug-likeness (QED) is 0.702. The number of hydrogen-bond acceptors (Lipinski definition) is 2. The van der Waals surface area contributed by atoms with Crippen LogP contribution in [0.25, 0.3) is 0 Å².